The summed E-state index contributed by atoms with van der Waals surface area (Å²) in [5, 5.41) is 0. The second-order valence-corrected chi connectivity index (χ2v) is 6.96. The molecule has 0 unspecified atom stereocenters. The van der Waals surface area contributed by atoms with Gasteiger partial charge in [0.1, 0.15) is 5.82 Å². The molecule has 1 aromatic carbocycles. The minimum atomic E-state index is -0.204. The van der Waals surface area contributed by atoms with Gasteiger partial charge in [0.25, 0.3) is 0 Å². The van der Waals surface area contributed by atoms with Crippen molar-refractivity contribution in [2.45, 2.75) is 31.0 Å². The van der Waals surface area contributed by atoms with Crippen molar-refractivity contribution in [2.75, 3.05) is 31.2 Å². The van der Waals surface area contributed by atoms with Gasteiger partial charge in [0.05, 0.1) is 11.7 Å². The van der Waals surface area contributed by atoms with Crippen LogP contribution in [-0.4, -0.2) is 43.0 Å². The first kappa shape index (κ1) is 16.5. The Morgan fingerprint density at radius 2 is 1.96 bits per heavy atom. The van der Waals surface area contributed by atoms with E-state index in [0.29, 0.717) is 0 Å². The second-order valence-electron chi connectivity index (χ2n) is 6.96. The maximum Gasteiger partial charge on any atom is 0.123 e. The minimum Gasteiger partial charge on any atom is -0.381 e. The Morgan fingerprint density at radius 1 is 1.16 bits per heavy atom. The van der Waals surface area contributed by atoms with Crippen LogP contribution in [0.15, 0.2) is 48.8 Å². The van der Waals surface area contributed by atoms with Crippen molar-refractivity contribution in [1.29, 1.82) is 0 Å². The lowest BCUT2D eigenvalue weighted by molar-refractivity contribution is -0.150. The molecular formula is C20H23FN2O2. The molecular weight excluding hydrogens is 319 g/mol. The standard InChI is InChI=1S/C20H23FN2O2/c21-17-3-5-18(6-4-17)23-14-19(12-16-2-1-9-22-13-16)25-20(15-23)7-10-24-11-8-20/h1-6,9,13,19H,7-8,10-12,14-15H2/t19-/m1/s1. The number of pyridine rings is 1. The summed E-state index contributed by atoms with van der Waals surface area (Å²) in [7, 11) is 0. The molecule has 2 aliphatic rings. The van der Waals surface area contributed by atoms with Crippen molar-refractivity contribution in [3.05, 3.63) is 60.2 Å². The zero-order valence-electron chi connectivity index (χ0n) is 14.2. The lowest BCUT2D eigenvalue weighted by Crippen LogP contribution is -2.58. The monoisotopic (exact) mass is 342 g/mol. The van der Waals surface area contributed by atoms with E-state index in [9.17, 15) is 4.39 Å². The molecule has 1 aromatic heterocycles. The summed E-state index contributed by atoms with van der Waals surface area (Å²) in [5.41, 5.74) is 2.04. The van der Waals surface area contributed by atoms with Gasteiger partial charge in [-0.1, -0.05) is 6.07 Å². The fourth-order valence-corrected chi connectivity index (χ4v) is 3.84. The molecule has 1 atom stereocenters. The molecule has 0 aliphatic carbocycles. The van der Waals surface area contributed by atoms with Gasteiger partial charge in [0, 0.05) is 63.6 Å². The van der Waals surface area contributed by atoms with E-state index in [4.69, 9.17) is 9.47 Å². The fourth-order valence-electron chi connectivity index (χ4n) is 3.84. The molecule has 132 valence electrons. The Kier molecular flexibility index (Phi) is 4.68. The molecule has 3 heterocycles. The Morgan fingerprint density at radius 3 is 2.68 bits per heavy atom. The highest BCUT2D eigenvalue weighted by atomic mass is 19.1. The van der Waals surface area contributed by atoms with Crippen LogP contribution in [0.2, 0.25) is 0 Å². The lowest BCUT2D eigenvalue weighted by atomic mass is 9.90. The average Bonchev–Trinajstić information content (AvgIpc) is 2.63. The number of rotatable bonds is 3. The van der Waals surface area contributed by atoms with Gasteiger partial charge in [-0.15, -0.1) is 0 Å². The topological polar surface area (TPSA) is 34.6 Å². The SMILES string of the molecule is Fc1ccc(N2C[C@@H](Cc3cccnc3)OC3(CCOCC3)C2)cc1. The molecule has 5 heteroatoms. The normalized spacial score (nSPS) is 22.9. The van der Waals surface area contributed by atoms with Crippen LogP contribution in [0.4, 0.5) is 10.1 Å². The quantitative estimate of drug-likeness (QED) is 0.858. The first-order valence-electron chi connectivity index (χ1n) is 8.87. The van der Waals surface area contributed by atoms with Crippen molar-refractivity contribution in [3.8, 4) is 0 Å². The van der Waals surface area contributed by atoms with Crippen LogP contribution >= 0.6 is 0 Å². The van der Waals surface area contributed by atoms with Gasteiger partial charge in [-0.25, -0.2) is 4.39 Å². The molecule has 0 radical (unpaired) electrons. The molecule has 25 heavy (non-hydrogen) atoms. The summed E-state index contributed by atoms with van der Waals surface area (Å²) < 4.78 is 25.4. The summed E-state index contributed by atoms with van der Waals surface area (Å²) >= 11 is 0. The number of nitrogens with zero attached hydrogens (tertiary/aromatic N) is 2. The summed E-state index contributed by atoms with van der Waals surface area (Å²) in [6, 6.07) is 10.8. The van der Waals surface area contributed by atoms with E-state index in [1.807, 2.05) is 24.4 Å². The van der Waals surface area contributed by atoms with Crippen molar-refractivity contribution in [1.82, 2.24) is 4.98 Å². The second kappa shape index (κ2) is 7.10. The summed E-state index contributed by atoms with van der Waals surface area (Å²) in [6.07, 6.45) is 6.39. The molecule has 4 rings (SSSR count). The van der Waals surface area contributed by atoms with Crippen molar-refractivity contribution in [3.63, 3.8) is 0 Å². The lowest BCUT2D eigenvalue weighted by Gasteiger charge is -2.49. The smallest absolute Gasteiger partial charge is 0.123 e. The number of anilines is 1. The van der Waals surface area contributed by atoms with E-state index in [0.717, 1.165) is 51.3 Å². The molecule has 0 saturated carbocycles. The first-order valence-corrected chi connectivity index (χ1v) is 8.87. The van der Waals surface area contributed by atoms with Gasteiger partial charge < -0.3 is 14.4 Å². The predicted molar refractivity (Wildman–Crippen MR) is 94.2 cm³/mol. The third-order valence-corrected chi connectivity index (χ3v) is 5.10. The highest BCUT2D eigenvalue weighted by Gasteiger charge is 2.42. The summed E-state index contributed by atoms with van der Waals surface area (Å²) in [4.78, 5) is 6.54. The maximum atomic E-state index is 13.3. The van der Waals surface area contributed by atoms with Crippen LogP contribution < -0.4 is 4.90 Å². The molecule has 1 spiro atoms. The van der Waals surface area contributed by atoms with Crippen LogP contribution in [0.1, 0.15) is 18.4 Å². The van der Waals surface area contributed by atoms with Crippen LogP contribution in [0.5, 0.6) is 0 Å². The van der Waals surface area contributed by atoms with Crippen molar-refractivity contribution >= 4 is 5.69 Å². The van der Waals surface area contributed by atoms with Crippen LogP contribution in [-0.2, 0) is 15.9 Å². The van der Waals surface area contributed by atoms with E-state index in [-0.39, 0.29) is 17.5 Å². The van der Waals surface area contributed by atoms with E-state index in [1.165, 1.54) is 17.7 Å². The van der Waals surface area contributed by atoms with Gasteiger partial charge in [0.15, 0.2) is 0 Å². The third kappa shape index (κ3) is 3.83. The van der Waals surface area contributed by atoms with Crippen LogP contribution in [0, 0.1) is 5.82 Å². The molecule has 2 aliphatic heterocycles. The zero-order chi connectivity index (χ0) is 17.1. The third-order valence-electron chi connectivity index (χ3n) is 5.10. The Labute approximate surface area is 147 Å². The van der Waals surface area contributed by atoms with E-state index < -0.39 is 0 Å². The number of benzene rings is 1. The molecule has 0 bridgehead atoms. The van der Waals surface area contributed by atoms with Gasteiger partial charge in [-0.2, -0.15) is 0 Å². The molecule has 0 amide bonds. The van der Waals surface area contributed by atoms with Gasteiger partial charge >= 0.3 is 0 Å². The predicted octanol–water partition coefficient (Wildman–Crippen LogP) is 3.22. The molecule has 2 aromatic rings. The number of morpholine rings is 1. The fraction of sp³-hybridized carbons (Fsp3) is 0.450. The number of halogens is 1. The molecule has 0 N–H and O–H groups in total. The van der Waals surface area contributed by atoms with E-state index >= 15 is 0 Å². The van der Waals surface area contributed by atoms with Crippen LogP contribution in [0.25, 0.3) is 0 Å². The highest BCUT2D eigenvalue weighted by molar-refractivity contribution is 5.47. The van der Waals surface area contributed by atoms with Crippen molar-refractivity contribution in [2.24, 2.45) is 0 Å². The van der Waals surface area contributed by atoms with E-state index in [1.54, 1.807) is 6.20 Å². The van der Waals surface area contributed by atoms with E-state index in [2.05, 4.69) is 16.0 Å². The maximum absolute atomic E-state index is 13.3. The van der Waals surface area contributed by atoms with Gasteiger partial charge in [-0.3, -0.25) is 4.98 Å². The average molecular weight is 342 g/mol. The molecule has 2 saturated heterocycles. The largest absolute Gasteiger partial charge is 0.381 e. The van der Waals surface area contributed by atoms with Gasteiger partial charge in [-0.05, 0) is 35.9 Å². The summed E-state index contributed by atoms with van der Waals surface area (Å²) in [6.45, 7) is 3.09. The van der Waals surface area contributed by atoms with Crippen LogP contribution in [0.3, 0.4) is 0 Å². The first-order chi connectivity index (χ1) is 12.2. The number of hydrogen-bond donors (Lipinski definition) is 0. The highest BCUT2D eigenvalue weighted by Crippen LogP contribution is 2.34. The number of aromatic nitrogens is 1. The Hall–Kier alpha value is -1.98. The molecule has 2 fully saturated rings. The minimum absolute atomic E-state index is 0.0844. The number of ether oxygens (including phenoxy) is 2. The Balaban J connectivity index is 1.57. The Bertz CT molecular complexity index is 687. The van der Waals surface area contributed by atoms with Crippen molar-refractivity contribution < 1.29 is 13.9 Å². The summed E-state index contributed by atoms with van der Waals surface area (Å²) in [5.74, 6) is -0.204. The molecule has 4 nitrogen and oxygen atoms in total. The van der Waals surface area contributed by atoms with Gasteiger partial charge in [0.2, 0.25) is 0 Å². The number of hydrogen-bond acceptors (Lipinski definition) is 4. The zero-order valence-corrected chi connectivity index (χ0v) is 14.2.